The van der Waals surface area contributed by atoms with Crippen LogP contribution in [-0.2, 0) is 6.54 Å². The summed E-state index contributed by atoms with van der Waals surface area (Å²) in [4.78, 5) is 1.06. The van der Waals surface area contributed by atoms with E-state index in [-0.39, 0.29) is 0 Å². The summed E-state index contributed by atoms with van der Waals surface area (Å²) >= 11 is 7.29. The number of furan rings is 1. The Morgan fingerprint density at radius 1 is 1.38 bits per heavy atom. The maximum atomic E-state index is 5.68. The van der Waals surface area contributed by atoms with E-state index < -0.39 is 0 Å². The highest BCUT2D eigenvalue weighted by Gasteiger charge is 2.08. The SMILES string of the molecule is NCc1ccsc1-c1ccc(Cl)o1. The van der Waals surface area contributed by atoms with E-state index in [4.69, 9.17) is 21.8 Å². The van der Waals surface area contributed by atoms with Crippen LogP contribution >= 0.6 is 22.9 Å². The number of rotatable bonds is 2. The molecule has 0 saturated carbocycles. The van der Waals surface area contributed by atoms with Gasteiger partial charge in [-0.25, -0.2) is 0 Å². The lowest BCUT2D eigenvalue weighted by Gasteiger charge is -1.95. The van der Waals surface area contributed by atoms with Gasteiger partial charge in [0.05, 0.1) is 4.88 Å². The minimum absolute atomic E-state index is 0.409. The first-order valence-electron chi connectivity index (χ1n) is 3.83. The van der Waals surface area contributed by atoms with Crippen LogP contribution in [0.4, 0.5) is 0 Å². The zero-order valence-corrected chi connectivity index (χ0v) is 8.36. The highest BCUT2D eigenvalue weighted by molar-refractivity contribution is 7.13. The second-order valence-electron chi connectivity index (χ2n) is 2.58. The van der Waals surface area contributed by atoms with Gasteiger partial charge in [-0.2, -0.15) is 0 Å². The molecular weight excluding hydrogens is 206 g/mol. The van der Waals surface area contributed by atoms with Gasteiger partial charge in [-0.3, -0.25) is 0 Å². The van der Waals surface area contributed by atoms with Crippen molar-refractivity contribution < 1.29 is 4.42 Å². The van der Waals surface area contributed by atoms with Gasteiger partial charge in [-0.15, -0.1) is 11.3 Å². The Bertz CT molecular complexity index is 407. The zero-order valence-electron chi connectivity index (χ0n) is 6.79. The minimum Gasteiger partial charge on any atom is -0.444 e. The average molecular weight is 214 g/mol. The van der Waals surface area contributed by atoms with Crippen LogP contribution < -0.4 is 5.73 Å². The molecule has 2 nitrogen and oxygen atoms in total. The fourth-order valence-corrected chi connectivity index (χ4v) is 2.19. The van der Waals surface area contributed by atoms with Crippen molar-refractivity contribution >= 4 is 22.9 Å². The molecular formula is C9H8ClNOS. The molecule has 2 aromatic heterocycles. The lowest BCUT2D eigenvalue weighted by atomic mass is 10.2. The van der Waals surface area contributed by atoms with Crippen LogP contribution in [-0.4, -0.2) is 0 Å². The molecule has 0 saturated heterocycles. The molecule has 0 radical (unpaired) electrons. The number of thiophene rings is 1. The van der Waals surface area contributed by atoms with Crippen LogP contribution in [0, 0.1) is 0 Å². The van der Waals surface area contributed by atoms with Gasteiger partial charge >= 0.3 is 0 Å². The summed E-state index contributed by atoms with van der Waals surface area (Å²) in [7, 11) is 0. The first-order valence-corrected chi connectivity index (χ1v) is 5.09. The van der Waals surface area contributed by atoms with Crippen molar-refractivity contribution in [2.75, 3.05) is 0 Å². The van der Waals surface area contributed by atoms with Crippen LogP contribution in [0.1, 0.15) is 5.56 Å². The topological polar surface area (TPSA) is 39.2 Å². The number of halogens is 1. The molecule has 2 heterocycles. The highest BCUT2D eigenvalue weighted by Crippen LogP contribution is 2.31. The largest absolute Gasteiger partial charge is 0.444 e. The van der Waals surface area contributed by atoms with Crippen LogP contribution in [0.15, 0.2) is 28.0 Å². The van der Waals surface area contributed by atoms with E-state index in [0.29, 0.717) is 11.8 Å². The van der Waals surface area contributed by atoms with E-state index in [1.54, 1.807) is 17.4 Å². The Morgan fingerprint density at radius 2 is 2.23 bits per heavy atom. The quantitative estimate of drug-likeness (QED) is 0.833. The predicted molar refractivity (Wildman–Crippen MR) is 54.9 cm³/mol. The minimum atomic E-state index is 0.409. The van der Waals surface area contributed by atoms with Crippen LogP contribution in [0.2, 0.25) is 5.22 Å². The Morgan fingerprint density at radius 3 is 2.85 bits per heavy atom. The summed E-state index contributed by atoms with van der Waals surface area (Å²) < 4.78 is 5.29. The Hall–Kier alpha value is -0.770. The van der Waals surface area contributed by atoms with Crippen molar-refractivity contribution in [3.63, 3.8) is 0 Å². The average Bonchev–Trinajstić information content (AvgIpc) is 2.71. The van der Waals surface area contributed by atoms with Crippen molar-refractivity contribution in [1.29, 1.82) is 0 Å². The van der Waals surface area contributed by atoms with E-state index in [2.05, 4.69) is 0 Å². The highest BCUT2D eigenvalue weighted by atomic mass is 35.5. The third-order valence-electron chi connectivity index (χ3n) is 1.76. The third kappa shape index (κ3) is 1.63. The first kappa shape index (κ1) is 8.81. The Labute approximate surface area is 84.9 Å². The van der Waals surface area contributed by atoms with Crippen LogP contribution in [0.5, 0.6) is 0 Å². The summed E-state index contributed by atoms with van der Waals surface area (Å²) in [5.41, 5.74) is 6.66. The van der Waals surface area contributed by atoms with Crippen LogP contribution in [0.3, 0.4) is 0 Å². The van der Waals surface area contributed by atoms with Gasteiger partial charge in [0.2, 0.25) is 0 Å². The number of nitrogens with two attached hydrogens (primary N) is 1. The molecule has 2 aromatic rings. The summed E-state index contributed by atoms with van der Waals surface area (Å²) in [5.74, 6) is 0.792. The van der Waals surface area contributed by atoms with E-state index >= 15 is 0 Å². The summed E-state index contributed by atoms with van der Waals surface area (Å²) in [6.07, 6.45) is 0. The molecule has 0 spiro atoms. The lowest BCUT2D eigenvalue weighted by molar-refractivity contribution is 0.585. The molecule has 0 amide bonds. The Balaban J connectivity index is 2.45. The normalized spacial score (nSPS) is 10.6. The lowest BCUT2D eigenvalue weighted by Crippen LogP contribution is -1.94. The van der Waals surface area contributed by atoms with E-state index in [1.807, 2.05) is 17.5 Å². The molecule has 0 unspecified atom stereocenters. The monoisotopic (exact) mass is 213 g/mol. The smallest absolute Gasteiger partial charge is 0.193 e. The van der Waals surface area contributed by atoms with Crippen molar-refractivity contribution in [3.05, 3.63) is 34.4 Å². The molecule has 0 aliphatic heterocycles. The van der Waals surface area contributed by atoms with Gasteiger partial charge in [0.1, 0.15) is 5.76 Å². The molecule has 0 atom stereocenters. The summed E-state index contributed by atoms with van der Waals surface area (Å²) in [6, 6.07) is 5.58. The predicted octanol–water partition coefficient (Wildman–Crippen LogP) is 3.12. The maximum Gasteiger partial charge on any atom is 0.193 e. The third-order valence-corrected chi connectivity index (χ3v) is 2.94. The van der Waals surface area contributed by atoms with E-state index in [1.165, 1.54) is 0 Å². The molecule has 2 N–H and O–H groups in total. The van der Waals surface area contributed by atoms with Gasteiger partial charge in [-0.05, 0) is 40.7 Å². The first-order chi connectivity index (χ1) is 6.31. The van der Waals surface area contributed by atoms with Gasteiger partial charge in [0.25, 0.3) is 0 Å². The van der Waals surface area contributed by atoms with Crippen molar-refractivity contribution in [1.82, 2.24) is 0 Å². The zero-order chi connectivity index (χ0) is 9.26. The maximum absolute atomic E-state index is 5.68. The summed E-state index contributed by atoms with van der Waals surface area (Å²) in [5, 5.41) is 2.40. The molecule has 2 rings (SSSR count). The molecule has 0 aliphatic rings. The van der Waals surface area contributed by atoms with Crippen molar-refractivity contribution in [2.24, 2.45) is 5.73 Å². The molecule has 0 aliphatic carbocycles. The van der Waals surface area contributed by atoms with Crippen molar-refractivity contribution in [2.45, 2.75) is 6.54 Å². The number of hydrogen-bond donors (Lipinski definition) is 1. The van der Waals surface area contributed by atoms with Gasteiger partial charge in [0.15, 0.2) is 5.22 Å². The molecule has 0 aromatic carbocycles. The molecule has 4 heteroatoms. The van der Waals surface area contributed by atoms with Gasteiger partial charge in [-0.1, -0.05) is 0 Å². The van der Waals surface area contributed by atoms with Crippen molar-refractivity contribution in [3.8, 4) is 10.6 Å². The second-order valence-corrected chi connectivity index (χ2v) is 3.87. The van der Waals surface area contributed by atoms with Gasteiger partial charge in [0, 0.05) is 6.54 Å². The summed E-state index contributed by atoms with van der Waals surface area (Å²) in [6.45, 7) is 0.525. The number of hydrogen-bond acceptors (Lipinski definition) is 3. The molecule has 13 heavy (non-hydrogen) atoms. The standard InChI is InChI=1S/C9H8ClNOS/c10-8-2-1-7(12-8)9-6(5-11)3-4-13-9/h1-4H,5,11H2. The fourth-order valence-electron chi connectivity index (χ4n) is 1.15. The molecule has 0 fully saturated rings. The fraction of sp³-hybridized carbons (Fsp3) is 0.111. The van der Waals surface area contributed by atoms with E-state index in [0.717, 1.165) is 16.2 Å². The molecule has 68 valence electrons. The van der Waals surface area contributed by atoms with Gasteiger partial charge < -0.3 is 10.2 Å². The Kier molecular flexibility index (Phi) is 2.40. The van der Waals surface area contributed by atoms with Crippen LogP contribution in [0.25, 0.3) is 10.6 Å². The van der Waals surface area contributed by atoms with E-state index in [9.17, 15) is 0 Å². The second kappa shape index (κ2) is 3.54. The molecule has 0 bridgehead atoms.